The average molecular weight is 253 g/mol. The maximum Gasteiger partial charge on any atom is 0.339 e. The molecule has 1 rings (SSSR count). The first-order chi connectivity index (χ1) is 8.49. The number of hydrogen-bond donors (Lipinski definition) is 2. The number of carbonyl (C=O) groups excluding carboxylic acids is 1. The largest absolute Gasteiger partial charge is 0.497 e. The van der Waals surface area contributed by atoms with E-state index in [0.29, 0.717) is 5.75 Å². The van der Waals surface area contributed by atoms with Crippen LogP contribution in [0.5, 0.6) is 11.5 Å². The van der Waals surface area contributed by atoms with Crippen molar-refractivity contribution in [2.75, 3.05) is 14.2 Å². The molecule has 1 amide bonds. The smallest absolute Gasteiger partial charge is 0.339 e. The van der Waals surface area contributed by atoms with Gasteiger partial charge >= 0.3 is 5.97 Å². The number of benzene rings is 1. The number of ether oxygens (including phenoxy) is 2. The van der Waals surface area contributed by atoms with Crippen molar-refractivity contribution in [3.63, 3.8) is 0 Å². The standard InChI is InChI=1S/C12H15NO5/c1-7(11(14)13-2)18-10-6-8(17-3)4-5-9(10)12(15)16/h4-7H,1-3H3,(H,13,14)(H,15,16). The van der Waals surface area contributed by atoms with E-state index in [4.69, 9.17) is 14.6 Å². The molecule has 0 aliphatic rings. The summed E-state index contributed by atoms with van der Waals surface area (Å²) in [6.45, 7) is 1.53. The minimum absolute atomic E-state index is 0.0217. The summed E-state index contributed by atoms with van der Waals surface area (Å²) in [7, 11) is 2.94. The Balaban J connectivity index is 3.04. The normalized spacial score (nSPS) is 11.5. The molecule has 1 aromatic carbocycles. The van der Waals surface area contributed by atoms with Crippen LogP contribution in [0.1, 0.15) is 17.3 Å². The van der Waals surface area contributed by atoms with Crippen LogP contribution in [0.2, 0.25) is 0 Å². The molecule has 0 aromatic heterocycles. The third-order valence-corrected chi connectivity index (χ3v) is 2.34. The maximum absolute atomic E-state index is 11.3. The van der Waals surface area contributed by atoms with Crippen LogP contribution in [0.25, 0.3) is 0 Å². The van der Waals surface area contributed by atoms with E-state index in [9.17, 15) is 9.59 Å². The summed E-state index contributed by atoms with van der Waals surface area (Å²) in [6.07, 6.45) is -0.791. The third-order valence-electron chi connectivity index (χ3n) is 2.34. The Kier molecular flexibility index (Phi) is 4.53. The third kappa shape index (κ3) is 3.13. The van der Waals surface area contributed by atoms with E-state index in [1.165, 1.54) is 39.3 Å². The van der Waals surface area contributed by atoms with Crippen LogP contribution in [0.15, 0.2) is 18.2 Å². The number of rotatable bonds is 5. The number of carboxylic acid groups (broad SMARTS) is 1. The molecular formula is C12H15NO5. The van der Waals surface area contributed by atoms with Crippen molar-refractivity contribution in [1.29, 1.82) is 0 Å². The van der Waals surface area contributed by atoms with Gasteiger partial charge in [0, 0.05) is 13.1 Å². The zero-order chi connectivity index (χ0) is 13.7. The number of amides is 1. The van der Waals surface area contributed by atoms with Gasteiger partial charge in [0.2, 0.25) is 0 Å². The number of methoxy groups -OCH3 is 1. The van der Waals surface area contributed by atoms with Gasteiger partial charge in [0.05, 0.1) is 7.11 Å². The van der Waals surface area contributed by atoms with Gasteiger partial charge in [0.15, 0.2) is 6.10 Å². The van der Waals surface area contributed by atoms with Crippen LogP contribution in [0.4, 0.5) is 0 Å². The van der Waals surface area contributed by atoms with E-state index in [-0.39, 0.29) is 17.2 Å². The molecule has 0 heterocycles. The molecule has 0 bridgehead atoms. The summed E-state index contributed by atoms with van der Waals surface area (Å²) in [4.78, 5) is 22.4. The van der Waals surface area contributed by atoms with Gasteiger partial charge in [-0.1, -0.05) is 0 Å². The first kappa shape index (κ1) is 13.8. The van der Waals surface area contributed by atoms with Gasteiger partial charge in [-0.2, -0.15) is 0 Å². The zero-order valence-electron chi connectivity index (χ0n) is 10.4. The molecule has 0 fully saturated rings. The summed E-state index contributed by atoms with van der Waals surface area (Å²) in [5.74, 6) is -0.914. The maximum atomic E-state index is 11.3. The zero-order valence-corrected chi connectivity index (χ0v) is 10.4. The second-order valence-electron chi connectivity index (χ2n) is 3.54. The predicted molar refractivity (Wildman–Crippen MR) is 64.1 cm³/mol. The second-order valence-corrected chi connectivity index (χ2v) is 3.54. The molecule has 1 atom stereocenters. The summed E-state index contributed by atoms with van der Waals surface area (Å²) >= 11 is 0. The van der Waals surface area contributed by atoms with E-state index < -0.39 is 12.1 Å². The highest BCUT2D eigenvalue weighted by atomic mass is 16.5. The van der Waals surface area contributed by atoms with Crippen molar-refractivity contribution in [3.8, 4) is 11.5 Å². The van der Waals surface area contributed by atoms with Crippen LogP contribution in [-0.2, 0) is 4.79 Å². The Morgan fingerprint density at radius 3 is 2.56 bits per heavy atom. The van der Waals surface area contributed by atoms with Crippen LogP contribution in [0.3, 0.4) is 0 Å². The molecule has 0 spiro atoms. The highest BCUT2D eigenvalue weighted by Gasteiger charge is 2.18. The molecule has 98 valence electrons. The van der Waals surface area contributed by atoms with Gasteiger partial charge in [-0.25, -0.2) is 4.79 Å². The van der Waals surface area contributed by atoms with E-state index in [2.05, 4.69) is 5.32 Å². The second kappa shape index (κ2) is 5.90. The van der Waals surface area contributed by atoms with Crippen molar-refractivity contribution in [1.82, 2.24) is 5.32 Å². The van der Waals surface area contributed by atoms with Gasteiger partial charge in [0.25, 0.3) is 5.91 Å². The van der Waals surface area contributed by atoms with Crippen LogP contribution >= 0.6 is 0 Å². The summed E-state index contributed by atoms with van der Waals surface area (Å²) in [6, 6.07) is 4.32. The lowest BCUT2D eigenvalue weighted by atomic mass is 10.2. The molecule has 1 unspecified atom stereocenters. The molecule has 0 saturated carbocycles. The van der Waals surface area contributed by atoms with Gasteiger partial charge in [-0.05, 0) is 19.1 Å². The van der Waals surface area contributed by atoms with Crippen LogP contribution < -0.4 is 14.8 Å². The Hall–Kier alpha value is -2.24. The molecule has 0 radical (unpaired) electrons. The van der Waals surface area contributed by atoms with E-state index in [0.717, 1.165) is 0 Å². The quantitative estimate of drug-likeness (QED) is 0.814. The molecule has 2 N–H and O–H groups in total. The van der Waals surface area contributed by atoms with E-state index in [1.54, 1.807) is 0 Å². The first-order valence-corrected chi connectivity index (χ1v) is 5.29. The Morgan fingerprint density at radius 1 is 1.39 bits per heavy atom. The van der Waals surface area contributed by atoms with Crippen LogP contribution in [-0.4, -0.2) is 37.2 Å². The van der Waals surface area contributed by atoms with Gasteiger partial charge in [-0.3, -0.25) is 4.79 Å². The predicted octanol–water partition coefficient (Wildman–Crippen LogP) is 0.907. The van der Waals surface area contributed by atoms with Gasteiger partial charge < -0.3 is 19.9 Å². The molecule has 18 heavy (non-hydrogen) atoms. The lowest BCUT2D eigenvalue weighted by Gasteiger charge is -2.15. The SMILES string of the molecule is CNC(=O)C(C)Oc1cc(OC)ccc1C(=O)O. The van der Waals surface area contributed by atoms with Crippen molar-refractivity contribution >= 4 is 11.9 Å². The molecular weight excluding hydrogens is 238 g/mol. The topological polar surface area (TPSA) is 84.9 Å². The molecule has 0 aliphatic carbocycles. The Bertz CT molecular complexity index is 458. The fourth-order valence-electron chi connectivity index (χ4n) is 1.35. The minimum atomic E-state index is -1.13. The minimum Gasteiger partial charge on any atom is -0.497 e. The van der Waals surface area contributed by atoms with E-state index >= 15 is 0 Å². The van der Waals surface area contributed by atoms with Crippen molar-refractivity contribution in [2.24, 2.45) is 0 Å². The van der Waals surface area contributed by atoms with Crippen molar-refractivity contribution in [3.05, 3.63) is 23.8 Å². The van der Waals surface area contributed by atoms with Gasteiger partial charge in [0.1, 0.15) is 17.1 Å². The molecule has 0 aliphatic heterocycles. The van der Waals surface area contributed by atoms with Crippen LogP contribution in [0, 0.1) is 0 Å². The number of nitrogens with one attached hydrogen (secondary N) is 1. The number of carbonyl (C=O) groups is 2. The van der Waals surface area contributed by atoms with Crippen molar-refractivity contribution in [2.45, 2.75) is 13.0 Å². The molecule has 1 aromatic rings. The highest BCUT2D eigenvalue weighted by molar-refractivity contribution is 5.91. The lowest BCUT2D eigenvalue weighted by molar-refractivity contribution is -0.126. The number of aromatic carboxylic acids is 1. The fraction of sp³-hybridized carbons (Fsp3) is 0.333. The van der Waals surface area contributed by atoms with Gasteiger partial charge in [-0.15, -0.1) is 0 Å². The molecule has 0 saturated heterocycles. The summed E-state index contributed by atoms with van der Waals surface area (Å²) < 4.78 is 10.3. The fourth-order valence-corrected chi connectivity index (χ4v) is 1.35. The number of carboxylic acids is 1. The van der Waals surface area contributed by atoms with Crippen molar-refractivity contribution < 1.29 is 24.2 Å². The summed E-state index contributed by atoms with van der Waals surface area (Å²) in [5.41, 5.74) is -0.0217. The number of likely N-dealkylation sites (N-methyl/N-ethyl adjacent to an activating group) is 1. The Labute approximate surface area is 105 Å². The average Bonchev–Trinajstić information content (AvgIpc) is 2.37. The highest BCUT2D eigenvalue weighted by Crippen LogP contribution is 2.25. The Morgan fingerprint density at radius 2 is 2.06 bits per heavy atom. The first-order valence-electron chi connectivity index (χ1n) is 5.29. The molecule has 6 heteroatoms. The monoisotopic (exact) mass is 253 g/mol. The lowest BCUT2D eigenvalue weighted by Crippen LogP contribution is -2.34. The number of hydrogen-bond acceptors (Lipinski definition) is 4. The summed E-state index contributed by atoms with van der Waals surface area (Å²) in [5, 5.41) is 11.4. The molecule has 6 nitrogen and oxygen atoms in total. The van der Waals surface area contributed by atoms with E-state index in [1.807, 2.05) is 0 Å².